The molecule has 0 radical (unpaired) electrons. The van der Waals surface area contributed by atoms with E-state index in [1.807, 2.05) is 60.4 Å². The average molecular weight is 524 g/mol. The molecular formula is C30H41N3O5. The van der Waals surface area contributed by atoms with E-state index in [-0.39, 0.29) is 23.8 Å². The van der Waals surface area contributed by atoms with Gasteiger partial charge in [0.15, 0.2) is 0 Å². The number of nitrogens with zero attached hydrogens (tertiary/aromatic N) is 1. The smallest absolute Gasteiger partial charge is 0.406 e. The first kappa shape index (κ1) is 27.9. The van der Waals surface area contributed by atoms with Crippen molar-refractivity contribution >= 4 is 12.0 Å². The van der Waals surface area contributed by atoms with Gasteiger partial charge in [0.2, 0.25) is 5.91 Å². The van der Waals surface area contributed by atoms with Gasteiger partial charge in [-0.25, -0.2) is 4.79 Å². The fraction of sp³-hybridized carbons (Fsp3) is 0.533. The number of alkyl carbamates (subject to hydrolysis) is 1. The van der Waals surface area contributed by atoms with E-state index in [1.165, 1.54) is 7.11 Å². The first-order valence-corrected chi connectivity index (χ1v) is 13.7. The topological polar surface area (TPSA) is 114 Å². The minimum atomic E-state index is -1.26. The Labute approximate surface area is 225 Å². The molecule has 1 saturated carbocycles. The second-order valence-corrected chi connectivity index (χ2v) is 10.7. The molecule has 2 aromatic carbocycles. The van der Waals surface area contributed by atoms with E-state index in [0.29, 0.717) is 43.8 Å². The van der Waals surface area contributed by atoms with Crippen LogP contribution >= 0.6 is 0 Å². The van der Waals surface area contributed by atoms with E-state index in [9.17, 15) is 14.7 Å². The van der Waals surface area contributed by atoms with Crippen molar-refractivity contribution < 1.29 is 24.2 Å². The van der Waals surface area contributed by atoms with Crippen molar-refractivity contribution in [1.82, 2.24) is 10.2 Å². The molecule has 2 amide bonds. The van der Waals surface area contributed by atoms with Crippen LogP contribution in [0.5, 0.6) is 11.5 Å². The van der Waals surface area contributed by atoms with Crippen molar-refractivity contribution in [3.63, 3.8) is 0 Å². The number of ether oxygens (including phenoxy) is 2. The van der Waals surface area contributed by atoms with Crippen molar-refractivity contribution in [2.45, 2.75) is 63.5 Å². The van der Waals surface area contributed by atoms with Crippen LogP contribution in [0.4, 0.5) is 4.79 Å². The van der Waals surface area contributed by atoms with Crippen LogP contribution in [0.2, 0.25) is 0 Å². The number of para-hydroxylation sites is 2. The Hall–Kier alpha value is -3.10. The molecule has 4 N–H and O–H groups in total. The molecule has 1 heterocycles. The molecule has 8 nitrogen and oxygen atoms in total. The van der Waals surface area contributed by atoms with Crippen LogP contribution < -0.4 is 15.8 Å². The maximum Gasteiger partial charge on any atom is 0.406 e. The number of piperidine rings is 1. The molecule has 0 aromatic heterocycles. The summed E-state index contributed by atoms with van der Waals surface area (Å²) in [7, 11) is 1.33. The maximum atomic E-state index is 13.4. The predicted octanol–water partition coefficient (Wildman–Crippen LogP) is 4.48. The number of methoxy groups -OCH3 is 1. The minimum absolute atomic E-state index is 0.0298. The zero-order valence-corrected chi connectivity index (χ0v) is 22.5. The van der Waals surface area contributed by atoms with Gasteiger partial charge in [0.1, 0.15) is 11.5 Å². The van der Waals surface area contributed by atoms with Gasteiger partial charge < -0.3 is 30.5 Å². The van der Waals surface area contributed by atoms with Crippen molar-refractivity contribution in [3.05, 3.63) is 59.7 Å². The number of aryl methyl sites for hydroxylation is 1. The van der Waals surface area contributed by atoms with Crippen LogP contribution in [0, 0.1) is 18.8 Å². The number of nitrogens with one attached hydrogen (secondary N) is 1. The molecule has 4 rings (SSSR count). The fourth-order valence-corrected chi connectivity index (χ4v) is 5.95. The molecule has 206 valence electrons. The van der Waals surface area contributed by atoms with Crippen LogP contribution in [0.1, 0.15) is 56.1 Å². The van der Waals surface area contributed by atoms with Crippen molar-refractivity contribution in [1.29, 1.82) is 0 Å². The summed E-state index contributed by atoms with van der Waals surface area (Å²) in [6.07, 6.45) is 4.48. The number of nitrogens with two attached hydrogens (primary N) is 1. The van der Waals surface area contributed by atoms with Gasteiger partial charge in [0.25, 0.3) is 0 Å². The number of amides is 2. The minimum Gasteiger partial charge on any atom is -0.457 e. The molecule has 1 saturated heterocycles. The number of rotatable bonds is 9. The van der Waals surface area contributed by atoms with Gasteiger partial charge in [-0.1, -0.05) is 36.4 Å². The van der Waals surface area contributed by atoms with Gasteiger partial charge in [-0.05, 0) is 69.6 Å². The first-order valence-electron chi connectivity index (χ1n) is 13.7. The molecule has 1 aliphatic heterocycles. The molecule has 0 bridgehead atoms. The number of hydrogen-bond donors (Lipinski definition) is 3. The summed E-state index contributed by atoms with van der Waals surface area (Å²) in [4.78, 5) is 26.9. The van der Waals surface area contributed by atoms with Crippen LogP contribution in [0.25, 0.3) is 0 Å². The van der Waals surface area contributed by atoms with Gasteiger partial charge in [0.05, 0.1) is 12.7 Å². The summed E-state index contributed by atoms with van der Waals surface area (Å²) in [6, 6.07) is 15.5. The monoisotopic (exact) mass is 523 g/mol. The molecule has 38 heavy (non-hydrogen) atoms. The Morgan fingerprint density at radius 1 is 1.11 bits per heavy atom. The highest BCUT2D eigenvalue weighted by Gasteiger charge is 2.44. The third-order valence-electron chi connectivity index (χ3n) is 8.09. The standard InChI is InChI=1S/C30H41N3O5/c1-21-9-3-5-12-26(21)38-27-13-6-4-11-25(27)30(36,16-8-17-32-29(35)37-2)23-10-7-18-33(20-23)28(34)22-14-15-24(31)19-22/h3-6,9,11-13,22-24,36H,7-8,10,14-20,31H2,1-2H3,(H,32,35)/t22-,23?,24+,30?/m1/s1. The highest BCUT2D eigenvalue weighted by atomic mass is 16.5. The quantitative estimate of drug-likeness (QED) is 0.418. The van der Waals surface area contributed by atoms with Gasteiger partial charge in [-0.3, -0.25) is 4.79 Å². The van der Waals surface area contributed by atoms with Crippen LogP contribution in [-0.4, -0.2) is 54.8 Å². The number of likely N-dealkylation sites (tertiary alicyclic amines) is 1. The lowest BCUT2D eigenvalue weighted by molar-refractivity contribution is -0.141. The third kappa shape index (κ3) is 6.48. The highest BCUT2D eigenvalue weighted by Crippen LogP contribution is 2.44. The summed E-state index contributed by atoms with van der Waals surface area (Å²) >= 11 is 0. The third-order valence-corrected chi connectivity index (χ3v) is 8.09. The van der Waals surface area contributed by atoms with Gasteiger partial charge in [-0.15, -0.1) is 0 Å². The Bertz CT molecular complexity index is 1110. The van der Waals surface area contributed by atoms with Crippen LogP contribution in [-0.2, 0) is 15.1 Å². The van der Waals surface area contributed by atoms with E-state index in [4.69, 9.17) is 15.2 Å². The maximum absolute atomic E-state index is 13.4. The lowest BCUT2D eigenvalue weighted by atomic mass is 9.73. The van der Waals surface area contributed by atoms with E-state index in [2.05, 4.69) is 5.32 Å². The molecular weight excluding hydrogens is 482 g/mol. The van der Waals surface area contributed by atoms with Crippen LogP contribution in [0.3, 0.4) is 0 Å². The van der Waals surface area contributed by atoms with Crippen molar-refractivity contribution in [2.24, 2.45) is 17.6 Å². The Balaban J connectivity index is 1.61. The van der Waals surface area contributed by atoms with Gasteiger partial charge in [-0.2, -0.15) is 0 Å². The number of benzene rings is 2. The average Bonchev–Trinajstić information content (AvgIpc) is 3.38. The summed E-state index contributed by atoms with van der Waals surface area (Å²) in [5.41, 5.74) is 6.52. The number of carbonyl (C=O) groups is 2. The van der Waals surface area contributed by atoms with Crippen molar-refractivity contribution in [2.75, 3.05) is 26.7 Å². The number of carbonyl (C=O) groups excluding carboxylic acids is 2. The second-order valence-electron chi connectivity index (χ2n) is 10.7. The van der Waals surface area contributed by atoms with Gasteiger partial charge >= 0.3 is 6.09 Å². The van der Waals surface area contributed by atoms with E-state index in [1.54, 1.807) is 0 Å². The normalized spacial score (nSPS) is 22.9. The second kappa shape index (κ2) is 12.6. The SMILES string of the molecule is COC(=O)NCCCC(O)(c1ccccc1Oc1ccccc1C)C1CCCN(C(=O)[C@@H]2CC[C@H](N)C2)C1. The summed E-state index contributed by atoms with van der Waals surface area (Å²) in [6.45, 7) is 3.53. The molecule has 4 atom stereocenters. The number of hydrogen-bond acceptors (Lipinski definition) is 6. The van der Waals surface area contributed by atoms with Gasteiger partial charge in [0, 0.05) is 43.1 Å². The molecule has 2 aromatic rings. The molecule has 8 heteroatoms. The zero-order chi connectivity index (χ0) is 27.1. The van der Waals surface area contributed by atoms with Crippen molar-refractivity contribution in [3.8, 4) is 11.5 Å². The highest BCUT2D eigenvalue weighted by molar-refractivity contribution is 5.79. The fourth-order valence-electron chi connectivity index (χ4n) is 5.95. The molecule has 0 spiro atoms. The molecule has 2 fully saturated rings. The summed E-state index contributed by atoms with van der Waals surface area (Å²) in [5.74, 6) is 1.26. The number of aliphatic hydroxyl groups is 1. The summed E-state index contributed by atoms with van der Waals surface area (Å²) in [5, 5.41) is 15.2. The first-order chi connectivity index (χ1) is 18.3. The van der Waals surface area contributed by atoms with E-state index >= 15 is 0 Å². The van der Waals surface area contributed by atoms with Crippen LogP contribution in [0.15, 0.2) is 48.5 Å². The lowest BCUT2D eigenvalue weighted by Gasteiger charge is -2.44. The Kier molecular flexibility index (Phi) is 9.28. The van der Waals surface area contributed by atoms with E-state index in [0.717, 1.165) is 43.4 Å². The Morgan fingerprint density at radius 2 is 1.84 bits per heavy atom. The molecule has 2 aliphatic rings. The zero-order valence-electron chi connectivity index (χ0n) is 22.5. The predicted molar refractivity (Wildman–Crippen MR) is 146 cm³/mol. The lowest BCUT2D eigenvalue weighted by Crippen LogP contribution is -2.49. The van der Waals surface area contributed by atoms with E-state index < -0.39 is 11.7 Å². The Morgan fingerprint density at radius 3 is 2.55 bits per heavy atom. The molecule has 2 unspecified atom stereocenters. The molecule has 1 aliphatic carbocycles. The largest absolute Gasteiger partial charge is 0.457 e. The summed E-state index contributed by atoms with van der Waals surface area (Å²) < 4.78 is 11.1.